The highest BCUT2D eigenvalue weighted by Crippen LogP contribution is 2.33. The predicted molar refractivity (Wildman–Crippen MR) is 69.6 cm³/mol. The maximum absolute atomic E-state index is 6.45. The number of alkyl halides is 1. The van der Waals surface area contributed by atoms with E-state index in [4.69, 9.17) is 16.0 Å². The van der Waals surface area contributed by atoms with Crippen LogP contribution in [0.1, 0.15) is 40.0 Å². The SMILES string of the molecule is Cc1ccc(C(Cl)c2ccc3c(c2)CCC3)o1. The van der Waals surface area contributed by atoms with E-state index in [-0.39, 0.29) is 5.38 Å². The molecular formula is C15H15ClO. The fourth-order valence-electron chi connectivity index (χ4n) is 2.50. The van der Waals surface area contributed by atoms with Crippen molar-refractivity contribution in [2.75, 3.05) is 0 Å². The van der Waals surface area contributed by atoms with Crippen molar-refractivity contribution in [2.24, 2.45) is 0 Å². The van der Waals surface area contributed by atoms with Crippen molar-refractivity contribution in [3.05, 3.63) is 58.5 Å². The van der Waals surface area contributed by atoms with E-state index in [2.05, 4.69) is 18.2 Å². The Morgan fingerprint density at radius 2 is 1.94 bits per heavy atom. The Morgan fingerprint density at radius 3 is 2.71 bits per heavy atom. The molecule has 88 valence electrons. The lowest BCUT2D eigenvalue weighted by atomic mass is 10.0. The molecule has 0 N–H and O–H groups in total. The van der Waals surface area contributed by atoms with Crippen LogP contribution in [-0.4, -0.2) is 0 Å². The van der Waals surface area contributed by atoms with Gasteiger partial charge in [0, 0.05) is 0 Å². The molecule has 1 heterocycles. The zero-order chi connectivity index (χ0) is 11.8. The van der Waals surface area contributed by atoms with Gasteiger partial charge in [-0.1, -0.05) is 18.2 Å². The zero-order valence-corrected chi connectivity index (χ0v) is 10.6. The zero-order valence-electron chi connectivity index (χ0n) is 9.87. The predicted octanol–water partition coefficient (Wildman–Crippen LogP) is 4.40. The van der Waals surface area contributed by atoms with Crippen molar-refractivity contribution in [2.45, 2.75) is 31.6 Å². The molecule has 0 bridgehead atoms. The lowest BCUT2D eigenvalue weighted by Crippen LogP contribution is -1.93. The van der Waals surface area contributed by atoms with E-state index in [1.54, 1.807) is 0 Å². The van der Waals surface area contributed by atoms with Gasteiger partial charge in [0.1, 0.15) is 16.9 Å². The molecule has 1 aromatic heterocycles. The van der Waals surface area contributed by atoms with Gasteiger partial charge in [0.2, 0.25) is 0 Å². The molecule has 0 saturated carbocycles. The molecule has 17 heavy (non-hydrogen) atoms. The summed E-state index contributed by atoms with van der Waals surface area (Å²) in [6, 6.07) is 10.5. The molecule has 0 amide bonds. The van der Waals surface area contributed by atoms with E-state index in [1.165, 1.54) is 30.4 Å². The van der Waals surface area contributed by atoms with E-state index in [0.29, 0.717) is 0 Å². The topological polar surface area (TPSA) is 13.1 Å². The molecule has 1 aliphatic rings. The van der Waals surface area contributed by atoms with Crippen LogP contribution < -0.4 is 0 Å². The Morgan fingerprint density at radius 1 is 1.12 bits per heavy atom. The summed E-state index contributed by atoms with van der Waals surface area (Å²) >= 11 is 6.45. The van der Waals surface area contributed by atoms with Crippen molar-refractivity contribution in [1.29, 1.82) is 0 Å². The van der Waals surface area contributed by atoms with E-state index < -0.39 is 0 Å². The molecule has 3 rings (SSSR count). The van der Waals surface area contributed by atoms with Crippen LogP contribution in [0, 0.1) is 6.92 Å². The van der Waals surface area contributed by atoms with Crippen molar-refractivity contribution < 1.29 is 4.42 Å². The molecule has 0 radical (unpaired) electrons. The van der Waals surface area contributed by atoms with Gasteiger partial charge in [0.15, 0.2) is 0 Å². The largest absolute Gasteiger partial charge is 0.464 e. The van der Waals surface area contributed by atoms with Crippen molar-refractivity contribution in [3.8, 4) is 0 Å². The molecule has 1 unspecified atom stereocenters. The molecule has 1 nitrogen and oxygen atoms in total. The van der Waals surface area contributed by atoms with Crippen LogP contribution in [0.15, 0.2) is 34.7 Å². The van der Waals surface area contributed by atoms with E-state index >= 15 is 0 Å². The Hall–Kier alpha value is -1.21. The number of hydrogen-bond donors (Lipinski definition) is 0. The molecule has 1 atom stereocenters. The maximum atomic E-state index is 6.45. The summed E-state index contributed by atoms with van der Waals surface area (Å²) in [7, 11) is 0. The summed E-state index contributed by atoms with van der Waals surface area (Å²) in [5.74, 6) is 1.74. The lowest BCUT2D eigenvalue weighted by molar-refractivity contribution is 0.489. The Labute approximate surface area is 106 Å². The second kappa shape index (κ2) is 4.23. The van der Waals surface area contributed by atoms with Gasteiger partial charge in [0.25, 0.3) is 0 Å². The average Bonchev–Trinajstić information content (AvgIpc) is 2.95. The normalized spacial score (nSPS) is 15.9. The number of fused-ring (bicyclic) bond motifs is 1. The first-order chi connectivity index (χ1) is 8.24. The number of furan rings is 1. The number of rotatable bonds is 2. The first-order valence-electron chi connectivity index (χ1n) is 6.06. The Balaban J connectivity index is 1.94. The van der Waals surface area contributed by atoms with Crippen molar-refractivity contribution in [3.63, 3.8) is 0 Å². The monoisotopic (exact) mass is 246 g/mol. The van der Waals surface area contributed by atoms with E-state index in [0.717, 1.165) is 17.1 Å². The molecule has 2 heteroatoms. The summed E-state index contributed by atoms with van der Waals surface area (Å²) in [4.78, 5) is 0. The van der Waals surface area contributed by atoms with Crippen LogP contribution in [0.3, 0.4) is 0 Å². The summed E-state index contributed by atoms with van der Waals surface area (Å²) < 4.78 is 5.59. The number of benzene rings is 1. The van der Waals surface area contributed by atoms with Crippen LogP contribution in [0.4, 0.5) is 0 Å². The van der Waals surface area contributed by atoms with Crippen LogP contribution in [0.5, 0.6) is 0 Å². The van der Waals surface area contributed by atoms with Crippen LogP contribution in [0.2, 0.25) is 0 Å². The standard InChI is InChI=1S/C15H15ClO/c1-10-5-8-14(17-10)15(16)13-7-6-11-3-2-4-12(11)9-13/h5-9,15H,2-4H2,1H3. The summed E-state index contributed by atoms with van der Waals surface area (Å²) in [5.41, 5.74) is 4.08. The third-order valence-corrected chi connectivity index (χ3v) is 3.89. The summed E-state index contributed by atoms with van der Waals surface area (Å²) in [5, 5.41) is -0.172. The molecule has 0 spiro atoms. The minimum Gasteiger partial charge on any atom is -0.464 e. The number of aryl methyl sites for hydroxylation is 3. The quantitative estimate of drug-likeness (QED) is 0.716. The fraction of sp³-hybridized carbons (Fsp3) is 0.333. The molecule has 0 aliphatic heterocycles. The third kappa shape index (κ3) is 2.00. The maximum Gasteiger partial charge on any atom is 0.126 e. The van der Waals surface area contributed by atoms with Crippen molar-refractivity contribution >= 4 is 11.6 Å². The Kier molecular flexibility index (Phi) is 2.71. The molecular weight excluding hydrogens is 232 g/mol. The average molecular weight is 247 g/mol. The van der Waals surface area contributed by atoms with Gasteiger partial charge in [-0.25, -0.2) is 0 Å². The smallest absolute Gasteiger partial charge is 0.126 e. The van der Waals surface area contributed by atoms with Gasteiger partial charge >= 0.3 is 0 Å². The highest BCUT2D eigenvalue weighted by Gasteiger charge is 2.17. The summed E-state index contributed by atoms with van der Waals surface area (Å²) in [6.07, 6.45) is 3.66. The van der Waals surface area contributed by atoms with Crippen LogP contribution in [-0.2, 0) is 12.8 Å². The van der Waals surface area contributed by atoms with Crippen LogP contribution in [0.25, 0.3) is 0 Å². The van der Waals surface area contributed by atoms with Gasteiger partial charge in [-0.2, -0.15) is 0 Å². The van der Waals surface area contributed by atoms with Gasteiger partial charge in [-0.3, -0.25) is 0 Å². The van der Waals surface area contributed by atoms with Gasteiger partial charge in [0.05, 0.1) is 0 Å². The van der Waals surface area contributed by atoms with Crippen LogP contribution >= 0.6 is 11.6 Å². The van der Waals surface area contributed by atoms with Gasteiger partial charge in [-0.05, 0) is 55.0 Å². The minimum absolute atomic E-state index is 0.172. The van der Waals surface area contributed by atoms with E-state index in [9.17, 15) is 0 Å². The van der Waals surface area contributed by atoms with Gasteiger partial charge < -0.3 is 4.42 Å². The molecule has 0 saturated heterocycles. The molecule has 1 aromatic carbocycles. The summed E-state index contributed by atoms with van der Waals surface area (Å²) in [6.45, 7) is 1.94. The molecule has 2 aromatic rings. The first kappa shape index (κ1) is 10.9. The molecule has 1 aliphatic carbocycles. The highest BCUT2D eigenvalue weighted by atomic mass is 35.5. The molecule has 0 fully saturated rings. The highest BCUT2D eigenvalue weighted by molar-refractivity contribution is 6.22. The Bertz CT molecular complexity index is 542. The van der Waals surface area contributed by atoms with Crippen molar-refractivity contribution in [1.82, 2.24) is 0 Å². The second-order valence-electron chi connectivity index (χ2n) is 4.69. The fourth-order valence-corrected chi connectivity index (χ4v) is 2.76. The lowest BCUT2D eigenvalue weighted by Gasteiger charge is -2.09. The number of halogens is 1. The van der Waals surface area contributed by atoms with Gasteiger partial charge in [-0.15, -0.1) is 11.6 Å². The first-order valence-corrected chi connectivity index (χ1v) is 6.50. The van der Waals surface area contributed by atoms with E-state index in [1.807, 2.05) is 19.1 Å². The minimum atomic E-state index is -0.172. The second-order valence-corrected chi connectivity index (χ2v) is 5.13. The number of hydrogen-bond acceptors (Lipinski definition) is 1. The third-order valence-electron chi connectivity index (χ3n) is 3.43.